The minimum atomic E-state index is -0.580. The van der Waals surface area contributed by atoms with Crippen molar-refractivity contribution in [2.45, 2.75) is 32.9 Å². The first kappa shape index (κ1) is 22.9. The smallest absolute Gasteiger partial charge is 0.257 e. The second-order valence-corrected chi connectivity index (χ2v) is 8.06. The van der Waals surface area contributed by atoms with Gasteiger partial charge in [-0.1, -0.05) is 36.3 Å². The Morgan fingerprint density at radius 2 is 1.76 bits per heavy atom. The third-order valence-electron chi connectivity index (χ3n) is 6.01. The average Bonchev–Trinajstić information content (AvgIpc) is 3.26. The summed E-state index contributed by atoms with van der Waals surface area (Å²) in [5.41, 5.74) is 1.21. The zero-order valence-electron chi connectivity index (χ0n) is 18.8. The summed E-state index contributed by atoms with van der Waals surface area (Å²) < 4.78 is 40.3. The van der Waals surface area contributed by atoms with Crippen LogP contribution < -0.4 is 4.90 Å². The molecule has 4 rings (SSSR count). The van der Waals surface area contributed by atoms with Crippen molar-refractivity contribution in [3.8, 4) is 11.3 Å². The molecule has 174 valence electrons. The zero-order valence-corrected chi connectivity index (χ0v) is 18.8. The second kappa shape index (κ2) is 10.1. The molecule has 0 bridgehead atoms. The molecule has 33 heavy (non-hydrogen) atoms. The SMILES string of the molecule is CC[C@@H](C)N(Cc1c(-c2ccccc2F)noc1N1CCOCC1)C(=O)c1ccccc1F. The Bertz CT molecular complexity index is 1110. The van der Waals surface area contributed by atoms with Gasteiger partial charge in [0.1, 0.15) is 17.3 Å². The Balaban J connectivity index is 1.79. The van der Waals surface area contributed by atoms with Gasteiger partial charge < -0.3 is 19.1 Å². The summed E-state index contributed by atoms with van der Waals surface area (Å²) >= 11 is 0. The predicted molar refractivity (Wildman–Crippen MR) is 121 cm³/mol. The van der Waals surface area contributed by atoms with E-state index in [2.05, 4.69) is 5.16 Å². The van der Waals surface area contributed by atoms with Gasteiger partial charge in [0.25, 0.3) is 5.91 Å². The van der Waals surface area contributed by atoms with Crippen molar-refractivity contribution < 1.29 is 22.8 Å². The first-order valence-electron chi connectivity index (χ1n) is 11.1. The van der Waals surface area contributed by atoms with E-state index >= 15 is 0 Å². The van der Waals surface area contributed by atoms with E-state index in [0.717, 1.165) is 0 Å². The number of anilines is 1. The van der Waals surface area contributed by atoms with Gasteiger partial charge >= 0.3 is 0 Å². The molecule has 0 N–H and O–H groups in total. The summed E-state index contributed by atoms with van der Waals surface area (Å²) in [6.07, 6.45) is 0.660. The maximum atomic E-state index is 14.7. The summed E-state index contributed by atoms with van der Waals surface area (Å²) in [7, 11) is 0. The number of morpholine rings is 1. The molecule has 1 aromatic heterocycles. The lowest BCUT2D eigenvalue weighted by molar-refractivity contribution is 0.0666. The van der Waals surface area contributed by atoms with E-state index in [1.165, 1.54) is 18.2 Å². The van der Waals surface area contributed by atoms with Crippen LogP contribution in [0.5, 0.6) is 0 Å². The number of nitrogens with zero attached hydrogens (tertiary/aromatic N) is 3. The summed E-state index contributed by atoms with van der Waals surface area (Å²) in [6.45, 7) is 6.19. The molecule has 0 spiro atoms. The number of carbonyl (C=O) groups excluding carboxylic acids is 1. The molecule has 2 heterocycles. The van der Waals surface area contributed by atoms with Crippen LogP contribution in [-0.2, 0) is 11.3 Å². The van der Waals surface area contributed by atoms with Crippen molar-refractivity contribution in [1.82, 2.24) is 10.1 Å². The highest BCUT2D eigenvalue weighted by Gasteiger charge is 2.30. The molecule has 3 aromatic rings. The molecular weight excluding hydrogens is 428 g/mol. The van der Waals surface area contributed by atoms with Gasteiger partial charge in [-0.3, -0.25) is 4.79 Å². The number of hydrogen-bond donors (Lipinski definition) is 0. The summed E-state index contributed by atoms with van der Waals surface area (Å²) in [5.74, 6) is -0.970. The fourth-order valence-corrected chi connectivity index (χ4v) is 3.93. The molecular formula is C25H27F2N3O3. The van der Waals surface area contributed by atoms with Gasteiger partial charge in [0.05, 0.1) is 30.9 Å². The van der Waals surface area contributed by atoms with E-state index < -0.39 is 17.5 Å². The minimum absolute atomic E-state index is 0.00498. The highest BCUT2D eigenvalue weighted by molar-refractivity contribution is 5.94. The summed E-state index contributed by atoms with van der Waals surface area (Å²) in [6, 6.07) is 12.0. The van der Waals surface area contributed by atoms with Gasteiger partial charge in [-0.05, 0) is 37.6 Å². The largest absolute Gasteiger partial charge is 0.378 e. The highest BCUT2D eigenvalue weighted by atomic mass is 19.1. The molecule has 8 heteroatoms. The van der Waals surface area contributed by atoms with Gasteiger partial charge in [-0.25, -0.2) is 8.78 Å². The van der Waals surface area contributed by atoms with Crippen molar-refractivity contribution in [2.24, 2.45) is 0 Å². The van der Waals surface area contributed by atoms with Gasteiger partial charge in [-0.2, -0.15) is 0 Å². The number of rotatable bonds is 7. The minimum Gasteiger partial charge on any atom is -0.378 e. The van der Waals surface area contributed by atoms with Crippen LogP contribution in [0, 0.1) is 11.6 Å². The lowest BCUT2D eigenvalue weighted by atomic mass is 10.0. The normalized spacial score (nSPS) is 14.8. The molecule has 0 unspecified atom stereocenters. The topological polar surface area (TPSA) is 58.8 Å². The molecule has 0 radical (unpaired) electrons. The van der Waals surface area contributed by atoms with Gasteiger partial charge in [0.2, 0.25) is 5.88 Å². The van der Waals surface area contributed by atoms with Gasteiger partial charge in [0.15, 0.2) is 0 Å². The van der Waals surface area contributed by atoms with Crippen molar-refractivity contribution in [3.05, 3.63) is 71.3 Å². The number of hydrogen-bond acceptors (Lipinski definition) is 5. The van der Waals surface area contributed by atoms with Crippen molar-refractivity contribution in [3.63, 3.8) is 0 Å². The Morgan fingerprint density at radius 1 is 1.09 bits per heavy atom. The summed E-state index contributed by atoms with van der Waals surface area (Å²) in [5, 5.41) is 4.20. The van der Waals surface area contributed by atoms with Crippen molar-refractivity contribution in [2.75, 3.05) is 31.2 Å². The van der Waals surface area contributed by atoms with E-state index in [1.807, 2.05) is 18.7 Å². The van der Waals surface area contributed by atoms with E-state index in [1.54, 1.807) is 35.2 Å². The number of ether oxygens (including phenoxy) is 1. The van der Waals surface area contributed by atoms with Crippen LogP contribution in [0.1, 0.15) is 36.2 Å². The maximum Gasteiger partial charge on any atom is 0.257 e. The van der Waals surface area contributed by atoms with Gasteiger partial charge in [-0.15, -0.1) is 0 Å². The fraction of sp³-hybridized carbons (Fsp3) is 0.360. The second-order valence-electron chi connectivity index (χ2n) is 8.06. The first-order chi connectivity index (χ1) is 16.0. The van der Waals surface area contributed by atoms with Crippen LogP contribution >= 0.6 is 0 Å². The number of halogens is 2. The zero-order chi connectivity index (χ0) is 23.4. The molecule has 1 aliphatic heterocycles. The van der Waals surface area contributed by atoms with Crippen LogP contribution in [0.3, 0.4) is 0 Å². The van der Waals surface area contributed by atoms with Crippen LogP contribution in [0.4, 0.5) is 14.7 Å². The van der Waals surface area contributed by atoms with E-state index in [9.17, 15) is 13.6 Å². The average molecular weight is 456 g/mol. The number of aromatic nitrogens is 1. The molecule has 1 amide bonds. The van der Waals surface area contributed by atoms with Crippen LogP contribution in [0.15, 0.2) is 53.1 Å². The summed E-state index contributed by atoms with van der Waals surface area (Å²) in [4.78, 5) is 17.0. The fourth-order valence-electron chi connectivity index (χ4n) is 3.93. The third-order valence-corrected chi connectivity index (χ3v) is 6.01. The number of carbonyl (C=O) groups is 1. The van der Waals surface area contributed by atoms with Crippen LogP contribution in [0.2, 0.25) is 0 Å². The lowest BCUT2D eigenvalue weighted by Gasteiger charge is -2.31. The van der Waals surface area contributed by atoms with Gasteiger partial charge in [0, 0.05) is 24.7 Å². The molecule has 0 aliphatic carbocycles. The third kappa shape index (κ3) is 4.75. The van der Waals surface area contributed by atoms with Crippen LogP contribution in [-0.4, -0.2) is 48.3 Å². The van der Waals surface area contributed by atoms with E-state index in [4.69, 9.17) is 9.26 Å². The number of benzene rings is 2. The standard InChI is InChI=1S/C25H27F2N3O3/c1-3-17(2)30(24(31)19-9-5-7-11-22(19)27)16-20-23(18-8-4-6-10-21(18)26)28-33-25(20)29-12-14-32-15-13-29/h4-11,17H,3,12-16H2,1-2H3/t17-/m1/s1. The first-order valence-corrected chi connectivity index (χ1v) is 11.1. The predicted octanol–water partition coefficient (Wildman–Crippen LogP) is 4.90. The van der Waals surface area contributed by atoms with Crippen molar-refractivity contribution >= 4 is 11.8 Å². The van der Waals surface area contributed by atoms with E-state index in [0.29, 0.717) is 55.4 Å². The monoisotopic (exact) mass is 455 g/mol. The maximum absolute atomic E-state index is 14.7. The van der Waals surface area contributed by atoms with E-state index in [-0.39, 0.29) is 18.2 Å². The molecule has 1 aliphatic rings. The molecule has 1 fully saturated rings. The Labute approximate surface area is 191 Å². The van der Waals surface area contributed by atoms with Crippen LogP contribution in [0.25, 0.3) is 11.3 Å². The highest BCUT2D eigenvalue weighted by Crippen LogP contribution is 2.35. The molecule has 1 saturated heterocycles. The molecule has 0 saturated carbocycles. The molecule has 6 nitrogen and oxygen atoms in total. The Hall–Kier alpha value is -3.26. The Kier molecular flexibility index (Phi) is 7.03. The quantitative estimate of drug-likeness (QED) is 0.507. The number of amides is 1. The lowest BCUT2D eigenvalue weighted by Crippen LogP contribution is -2.40. The molecule has 1 atom stereocenters. The molecule has 2 aromatic carbocycles. The Morgan fingerprint density at radius 3 is 2.42 bits per heavy atom. The van der Waals surface area contributed by atoms with Crippen molar-refractivity contribution in [1.29, 1.82) is 0 Å².